The van der Waals surface area contributed by atoms with Crippen LogP contribution in [-0.4, -0.2) is 29.6 Å². The van der Waals surface area contributed by atoms with Crippen LogP contribution < -0.4 is 15.4 Å². The minimum atomic E-state index is -0.451. The molecule has 5 rings (SSSR count). The summed E-state index contributed by atoms with van der Waals surface area (Å²) in [6.45, 7) is 0.545. The lowest BCUT2D eigenvalue weighted by Gasteiger charge is -2.36. The van der Waals surface area contributed by atoms with Crippen LogP contribution in [0.15, 0.2) is 73.1 Å². The van der Waals surface area contributed by atoms with Gasteiger partial charge in [0.25, 0.3) is 0 Å². The standard InChI is InChI=1S/C31H34FN3O3/c32-25-13-14-27-24(18-25)12-15-29(28(27)17-22-5-4-16-33-19-22)35-30(36)23-10-8-21(9-11-23)20-34-31(37)38-26-6-2-1-3-7-26/h1-7,13-14,16,18-19,21,23,28-29H,8-12,15,17,20H2,(H,34,37)(H,35,36)/t21?,23?,28-,29+/m1/s1. The number of para-hydroxylation sites is 1. The van der Waals surface area contributed by atoms with Gasteiger partial charge in [0.15, 0.2) is 0 Å². The molecular formula is C31H34FN3O3. The molecule has 1 heterocycles. The molecule has 1 aromatic heterocycles. The van der Waals surface area contributed by atoms with Crippen LogP contribution >= 0.6 is 0 Å². The molecule has 2 atom stereocenters. The normalized spacial score (nSPS) is 22.7. The Morgan fingerprint density at radius 1 is 0.974 bits per heavy atom. The summed E-state index contributed by atoms with van der Waals surface area (Å²) in [7, 11) is 0. The fraction of sp³-hybridized carbons (Fsp3) is 0.387. The zero-order valence-electron chi connectivity index (χ0n) is 21.4. The van der Waals surface area contributed by atoms with E-state index in [2.05, 4.69) is 21.7 Å². The molecule has 1 saturated carbocycles. The van der Waals surface area contributed by atoms with E-state index >= 15 is 0 Å². The van der Waals surface area contributed by atoms with Gasteiger partial charge < -0.3 is 15.4 Å². The lowest BCUT2D eigenvalue weighted by atomic mass is 9.75. The predicted molar refractivity (Wildman–Crippen MR) is 143 cm³/mol. The van der Waals surface area contributed by atoms with Gasteiger partial charge in [-0.2, -0.15) is 0 Å². The van der Waals surface area contributed by atoms with Crippen molar-refractivity contribution in [3.8, 4) is 5.75 Å². The number of pyridine rings is 1. The lowest BCUT2D eigenvalue weighted by molar-refractivity contribution is -0.127. The van der Waals surface area contributed by atoms with E-state index in [-0.39, 0.29) is 29.6 Å². The maximum Gasteiger partial charge on any atom is 0.412 e. The van der Waals surface area contributed by atoms with Gasteiger partial charge in [-0.25, -0.2) is 9.18 Å². The maximum atomic E-state index is 13.9. The molecule has 0 spiro atoms. The second-order valence-electron chi connectivity index (χ2n) is 10.5. The number of rotatable bonds is 7. The number of fused-ring (bicyclic) bond motifs is 1. The Hall–Kier alpha value is -3.74. The number of carbonyl (C=O) groups excluding carboxylic acids is 2. The van der Waals surface area contributed by atoms with Gasteiger partial charge in [0.2, 0.25) is 5.91 Å². The van der Waals surface area contributed by atoms with Crippen molar-refractivity contribution >= 4 is 12.0 Å². The van der Waals surface area contributed by atoms with E-state index < -0.39 is 6.09 Å². The van der Waals surface area contributed by atoms with Gasteiger partial charge in [-0.3, -0.25) is 9.78 Å². The molecule has 38 heavy (non-hydrogen) atoms. The molecule has 198 valence electrons. The number of hydrogen-bond acceptors (Lipinski definition) is 4. The highest BCUT2D eigenvalue weighted by Crippen LogP contribution is 2.36. The minimum Gasteiger partial charge on any atom is -0.410 e. The topological polar surface area (TPSA) is 80.3 Å². The van der Waals surface area contributed by atoms with Crippen molar-refractivity contribution < 1.29 is 18.7 Å². The SMILES string of the molecule is O=C(NCC1CCC(C(=O)N[C@H]2CCc3cc(F)ccc3[C@H]2Cc2cccnc2)CC1)Oc1ccccc1. The molecule has 0 bridgehead atoms. The molecule has 7 heteroatoms. The number of benzene rings is 2. The average Bonchev–Trinajstić information content (AvgIpc) is 2.94. The summed E-state index contributed by atoms with van der Waals surface area (Å²) in [5.74, 6) is 0.775. The van der Waals surface area contributed by atoms with Crippen LogP contribution in [0.3, 0.4) is 0 Å². The number of amides is 2. The van der Waals surface area contributed by atoms with Crippen LogP contribution in [-0.2, 0) is 17.6 Å². The van der Waals surface area contributed by atoms with Crippen LogP contribution in [0.1, 0.15) is 54.7 Å². The monoisotopic (exact) mass is 515 g/mol. The number of hydrogen-bond donors (Lipinski definition) is 2. The molecule has 1 fully saturated rings. The Morgan fingerprint density at radius 2 is 1.79 bits per heavy atom. The number of halogens is 1. The second-order valence-corrected chi connectivity index (χ2v) is 10.5. The lowest BCUT2D eigenvalue weighted by Crippen LogP contribution is -2.46. The van der Waals surface area contributed by atoms with E-state index in [0.29, 0.717) is 18.2 Å². The molecule has 0 saturated heterocycles. The molecular weight excluding hydrogens is 481 g/mol. The molecule has 2 aliphatic carbocycles. The predicted octanol–water partition coefficient (Wildman–Crippen LogP) is 5.57. The maximum absolute atomic E-state index is 13.9. The summed E-state index contributed by atoms with van der Waals surface area (Å²) in [5.41, 5.74) is 3.25. The largest absolute Gasteiger partial charge is 0.412 e. The van der Waals surface area contributed by atoms with Gasteiger partial charge >= 0.3 is 6.09 Å². The van der Waals surface area contributed by atoms with Crippen molar-refractivity contribution in [2.75, 3.05) is 6.54 Å². The number of nitrogens with zero attached hydrogens (tertiary/aromatic N) is 1. The van der Waals surface area contributed by atoms with Gasteiger partial charge in [0.1, 0.15) is 11.6 Å². The molecule has 2 N–H and O–H groups in total. The molecule has 0 unspecified atom stereocenters. The van der Waals surface area contributed by atoms with Gasteiger partial charge in [0.05, 0.1) is 0 Å². The summed E-state index contributed by atoms with van der Waals surface area (Å²) in [5, 5.41) is 6.22. The molecule has 2 aliphatic rings. The molecule has 0 radical (unpaired) electrons. The van der Waals surface area contributed by atoms with E-state index in [0.717, 1.165) is 61.6 Å². The van der Waals surface area contributed by atoms with Crippen molar-refractivity contribution in [3.05, 3.63) is 95.6 Å². The molecule has 2 amide bonds. The Labute approximate surface area is 223 Å². The quantitative estimate of drug-likeness (QED) is 0.431. The summed E-state index contributed by atoms with van der Waals surface area (Å²) in [6, 6.07) is 18.0. The zero-order valence-corrected chi connectivity index (χ0v) is 21.4. The molecule has 3 aromatic rings. The van der Waals surface area contributed by atoms with Crippen LogP contribution in [0.25, 0.3) is 0 Å². The first kappa shape index (κ1) is 25.9. The molecule has 6 nitrogen and oxygen atoms in total. The van der Waals surface area contributed by atoms with E-state index in [1.807, 2.05) is 36.5 Å². The van der Waals surface area contributed by atoms with Gasteiger partial charge in [0, 0.05) is 36.8 Å². The van der Waals surface area contributed by atoms with Crippen molar-refractivity contribution in [3.63, 3.8) is 0 Å². The fourth-order valence-electron chi connectivity index (χ4n) is 5.87. The zero-order chi connectivity index (χ0) is 26.3. The fourth-order valence-corrected chi connectivity index (χ4v) is 5.87. The molecule has 0 aliphatic heterocycles. The van der Waals surface area contributed by atoms with E-state index in [1.54, 1.807) is 24.4 Å². The number of carbonyl (C=O) groups is 2. The summed E-state index contributed by atoms with van der Waals surface area (Å²) < 4.78 is 19.2. The third-order valence-electron chi connectivity index (χ3n) is 7.93. The van der Waals surface area contributed by atoms with Crippen molar-refractivity contribution in [2.24, 2.45) is 11.8 Å². The third-order valence-corrected chi connectivity index (χ3v) is 7.93. The third kappa shape index (κ3) is 6.57. The Balaban J connectivity index is 1.14. The first-order chi connectivity index (χ1) is 18.5. The molecule has 2 aromatic carbocycles. The average molecular weight is 516 g/mol. The van der Waals surface area contributed by atoms with Crippen LogP contribution in [0.2, 0.25) is 0 Å². The highest BCUT2D eigenvalue weighted by Gasteiger charge is 2.34. The Bertz CT molecular complexity index is 1230. The van der Waals surface area contributed by atoms with Crippen molar-refractivity contribution in [2.45, 2.75) is 56.9 Å². The number of aromatic nitrogens is 1. The van der Waals surface area contributed by atoms with Crippen molar-refractivity contribution in [1.82, 2.24) is 15.6 Å². The van der Waals surface area contributed by atoms with Gasteiger partial charge in [-0.1, -0.05) is 30.3 Å². The summed E-state index contributed by atoms with van der Waals surface area (Å²) in [6.07, 6.45) is 8.82. The smallest absolute Gasteiger partial charge is 0.410 e. The summed E-state index contributed by atoms with van der Waals surface area (Å²) in [4.78, 5) is 29.7. The Morgan fingerprint density at radius 3 is 2.55 bits per heavy atom. The van der Waals surface area contributed by atoms with E-state index in [4.69, 9.17) is 4.74 Å². The minimum absolute atomic E-state index is 0.00665. The second kappa shape index (κ2) is 12.2. The van der Waals surface area contributed by atoms with Crippen LogP contribution in [0, 0.1) is 17.7 Å². The van der Waals surface area contributed by atoms with Crippen molar-refractivity contribution in [1.29, 1.82) is 0 Å². The first-order valence-corrected chi connectivity index (χ1v) is 13.5. The van der Waals surface area contributed by atoms with Crippen LogP contribution in [0.5, 0.6) is 5.75 Å². The summed E-state index contributed by atoms with van der Waals surface area (Å²) >= 11 is 0. The number of nitrogens with one attached hydrogen (secondary N) is 2. The van der Waals surface area contributed by atoms with Crippen LogP contribution in [0.4, 0.5) is 9.18 Å². The van der Waals surface area contributed by atoms with Gasteiger partial charge in [-0.05, 0) is 97.9 Å². The van der Waals surface area contributed by atoms with E-state index in [1.165, 1.54) is 6.07 Å². The van der Waals surface area contributed by atoms with Gasteiger partial charge in [-0.15, -0.1) is 0 Å². The van der Waals surface area contributed by atoms with E-state index in [9.17, 15) is 14.0 Å². The first-order valence-electron chi connectivity index (χ1n) is 13.5. The highest BCUT2D eigenvalue weighted by molar-refractivity contribution is 5.79. The number of aryl methyl sites for hydroxylation is 1. The number of ether oxygens (including phenoxy) is 1. The highest BCUT2D eigenvalue weighted by atomic mass is 19.1. The Kier molecular flexibility index (Phi) is 8.31.